The molecule has 17 heavy (non-hydrogen) atoms. The van der Waals surface area contributed by atoms with Gasteiger partial charge in [-0.05, 0) is 49.2 Å². The monoisotopic (exact) mass is 230 g/mol. The summed E-state index contributed by atoms with van der Waals surface area (Å²) in [6, 6.07) is 7.00. The van der Waals surface area contributed by atoms with E-state index in [1.54, 1.807) is 19.2 Å². The fraction of sp³-hybridized carbons (Fsp3) is 0.214. The van der Waals surface area contributed by atoms with E-state index in [1.807, 2.05) is 26.0 Å². The van der Waals surface area contributed by atoms with Crippen LogP contribution in [0.2, 0.25) is 0 Å². The second kappa shape index (κ2) is 4.45. The van der Waals surface area contributed by atoms with Crippen molar-refractivity contribution in [3.63, 3.8) is 0 Å². The highest BCUT2D eigenvalue weighted by molar-refractivity contribution is 6.07. The average molecular weight is 230 g/mol. The Kier molecular flexibility index (Phi) is 3.00. The minimum Gasteiger partial charge on any atom is -0.496 e. The summed E-state index contributed by atoms with van der Waals surface area (Å²) in [7, 11) is 1.63. The number of benzene rings is 1. The maximum absolute atomic E-state index is 12.1. The van der Waals surface area contributed by atoms with Crippen molar-refractivity contribution >= 4 is 5.78 Å². The largest absolute Gasteiger partial charge is 0.496 e. The zero-order chi connectivity index (χ0) is 12.4. The summed E-state index contributed by atoms with van der Waals surface area (Å²) in [4.78, 5) is 12.1. The molecule has 0 saturated heterocycles. The second-order valence-electron chi connectivity index (χ2n) is 3.95. The number of carbonyl (C=O) groups is 1. The van der Waals surface area contributed by atoms with Gasteiger partial charge in [0.05, 0.1) is 13.4 Å². The highest BCUT2D eigenvalue weighted by atomic mass is 16.5. The van der Waals surface area contributed by atoms with Crippen molar-refractivity contribution in [2.24, 2.45) is 0 Å². The Balaban J connectivity index is 2.44. The van der Waals surface area contributed by atoms with Gasteiger partial charge in [-0.15, -0.1) is 0 Å². The minimum atomic E-state index is -0.108. The number of aryl methyl sites for hydroxylation is 2. The molecule has 0 aliphatic rings. The average Bonchev–Trinajstić information content (AvgIpc) is 2.81. The van der Waals surface area contributed by atoms with Crippen LogP contribution in [0.5, 0.6) is 5.75 Å². The zero-order valence-electron chi connectivity index (χ0n) is 10.1. The molecule has 2 rings (SSSR count). The van der Waals surface area contributed by atoms with E-state index in [0.29, 0.717) is 11.3 Å². The Bertz CT molecular complexity index is 516. The summed E-state index contributed by atoms with van der Waals surface area (Å²) in [5.41, 5.74) is 2.51. The van der Waals surface area contributed by atoms with Gasteiger partial charge in [0.1, 0.15) is 5.75 Å². The molecule has 0 radical (unpaired) electrons. The lowest BCUT2D eigenvalue weighted by atomic mass is 10.0. The first-order valence-corrected chi connectivity index (χ1v) is 5.37. The third-order valence-corrected chi connectivity index (χ3v) is 2.67. The molecule has 0 atom stereocenters. The third-order valence-electron chi connectivity index (χ3n) is 2.67. The lowest BCUT2D eigenvalue weighted by Crippen LogP contribution is -2.02. The molecular formula is C14H14O3. The third kappa shape index (κ3) is 2.09. The molecule has 3 heteroatoms. The fourth-order valence-electron chi connectivity index (χ4n) is 1.95. The van der Waals surface area contributed by atoms with Gasteiger partial charge in [0.15, 0.2) is 5.76 Å². The van der Waals surface area contributed by atoms with Crippen LogP contribution in [0.25, 0.3) is 0 Å². The van der Waals surface area contributed by atoms with Crippen LogP contribution in [0.15, 0.2) is 34.9 Å². The number of rotatable bonds is 3. The molecule has 0 fully saturated rings. The first-order valence-electron chi connectivity index (χ1n) is 5.37. The van der Waals surface area contributed by atoms with Crippen LogP contribution in [0.1, 0.15) is 27.2 Å². The summed E-state index contributed by atoms with van der Waals surface area (Å²) in [6.45, 7) is 3.84. The van der Waals surface area contributed by atoms with Crippen LogP contribution in [0.4, 0.5) is 0 Å². The standard InChI is InChI=1S/C14H14O3/c1-9-7-11(8-10(2)14(9)16-3)13(15)12-5-4-6-17-12/h4-8H,1-3H3. The maximum Gasteiger partial charge on any atom is 0.228 e. The smallest absolute Gasteiger partial charge is 0.228 e. The predicted molar refractivity (Wildman–Crippen MR) is 64.6 cm³/mol. The molecular weight excluding hydrogens is 216 g/mol. The van der Waals surface area contributed by atoms with Crippen LogP contribution in [0.3, 0.4) is 0 Å². The van der Waals surface area contributed by atoms with Crippen molar-refractivity contribution < 1.29 is 13.9 Å². The van der Waals surface area contributed by atoms with E-state index < -0.39 is 0 Å². The molecule has 0 saturated carbocycles. The Hall–Kier alpha value is -2.03. The first kappa shape index (κ1) is 11.5. The first-order chi connectivity index (χ1) is 8.13. The quantitative estimate of drug-likeness (QED) is 0.760. The van der Waals surface area contributed by atoms with Crippen LogP contribution < -0.4 is 4.74 Å². The highest BCUT2D eigenvalue weighted by Gasteiger charge is 2.14. The van der Waals surface area contributed by atoms with Crippen molar-refractivity contribution in [3.8, 4) is 5.75 Å². The Morgan fingerprint density at radius 2 is 1.88 bits per heavy atom. The summed E-state index contributed by atoms with van der Waals surface area (Å²) >= 11 is 0. The summed E-state index contributed by atoms with van der Waals surface area (Å²) in [5.74, 6) is 1.07. The molecule has 0 spiro atoms. The van der Waals surface area contributed by atoms with Crippen molar-refractivity contribution in [3.05, 3.63) is 53.0 Å². The number of methoxy groups -OCH3 is 1. The molecule has 88 valence electrons. The molecule has 0 bridgehead atoms. The lowest BCUT2D eigenvalue weighted by molar-refractivity contribution is 0.101. The zero-order valence-corrected chi connectivity index (χ0v) is 10.1. The van der Waals surface area contributed by atoms with Crippen molar-refractivity contribution in [2.45, 2.75) is 13.8 Å². The van der Waals surface area contributed by atoms with Crippen LogP contribution in [-0.4, -0.2) is 12.9 Å². The van der Waals surface area contributed by atoms with Gasteiger partial charge in [0.2, 0.25) is 5.78 Å². The number of furan rings is 1. The normalized spacial score (nSPS) is 10.3. The van der Waals surface area contributed by atoms with E-state index >= 15 is 0 Å². The van der Waals surface area contributed by atoms with Gasteiger partial charge in [0, 0.05) is 5.56 Å². The molecule has 1 aromatic carbocycles. The molecule has 0 unspecified atom stereocenters. The topological polar surface area (TPSA) is 39.4 Å². The van der Waals surface area contributed by atoms with Crippen LogP contribution in [0, 0.1) is 13.8 Å². The Labute approximate surface area is 100 Å². The maximum atomic E-state index is 12.1. The van der Waals surface area contributed by atoms with Crippen LogP contribution in [-0.2, 0) is 0 Å². The summed E-state index contributed by atoms with van der Waals surface area (Å²) in [5, 5.41) is 0. The molecule has 1 heterocycles. The molecule has 3 nitrogen and oxygen atoms in total. The number of ether oxygens (including phenoxy) is 1. The number of hydrogen-bond donors (Lipinski definition) is 0. The van der Waals surface area contributed by atoms with E-state index in [9.17, 15) is 4.79 Å². The van der Waals surface area contributed by atoms with E-state index in [2.05, 4.69) is 0 Å². The van der Waals surface area contributed by atoms with E-state index in [4.69, 9.17) is 9.15 Å². The van der Waals surface area contributed by atoms with E-state index in [0.717, 1.165) is 16.9 Å². The minimum absolute atomic E-state index is 0.108. The van der Waals surface area contributed by atoms with Crippen molar-refractivity contribution in [2.75, 3.05) is 7.11 Å². The Morgan fingerprint density at radius 1 is 1.24 bits per heavy atom. The number of hydrogen-bond acceptors (Lipinski definition) is 3. The molecule has 0 aliphatic heterocycles. The van der Waals surface area contributed by atoms with Gasteiger partial charge in [-0.25, -0.2) is 0 Å². The van der Waals surface area contributed by atoms with Crippen LogP contribution >= 0.6 is 0 Å². The summed E-state index contributed by atoms with van der Waals surface area (Å²) < 4.78 is 10.4. The molecule has 0 N–H and O–H groups in total. The second-order valence-corrected chi connectivity index (χ2v) is 3.95. The summed E-state index contributed by atoms with van der Waals surface area (Å²) in [6.07, 6.45) is 1.50. The Morgan fingerprint density at radius 3 is 2.35 bits per heavy atom. The SMILES string of the molecule is COc1c(C)cc(C(=O)c2ccco2)cc1C. The predicted octanol–water partition coefficient (Wildman–Crippen LogP) is 3.14. The molecule has 1 aromatic heterocycles. The lowest BCUT2D eigenvalue weighted by Gasteiger charge is -2.10. The van der Waals surface area contributed by atoms with Gasteiger partial charge < -0.3 is 9.15 Å². The number of carbonyl (C=O) groups excluding carboxylic acids is 1. The van der Waals surface area contributed by atoms with Gasteiger partial charge in [-0.2, -0.15) is 0 Å². The van der Waals surface area contributed by atoms with Crippen molar-refractivity contribution in [1.29, 1.82) is 0 Å². The van der Waals surface area contributed by atoms with Crippen molar-refractivity contribution in [1.82, 2.24) is 0 Å². The molecule has 2 aromatic rings. The van der Waals surface area contributed by atoms with Gasteiger partial charge in [0.25, 0.3) is 0 Å². The highest BCUT2D eigenvalue weighted by Crippen LogP contribution is 2.25. The van der Waals surface area contributed by atoms with E-state index in [-0.39, 0.29) is 5.78 Å². The molecule has 0 amide bonds. The fourth-order valence-corrected chi connectivity index (χ4v) is 1.95. The van der Waals surface area contributed by atoms with Gasteiger partial charge in [-0.1, -0.05) is 0 Å². The molecule has 0 aliphatic carbocycles. The number of ketones is 1. The van der Waals surface area contributed by atoms with E-state index in [1.165, 1.54) is 6.26 Å². The van der Waals surface area contributed by atoms with Gasteiger partial charge in [-0.3, -0.25) is 4.79 Å². The van der Waals surface area contributed by atoms with Gasteiger partial charge >= 0.3 is 0 Å².